The van der Waals surface area contributed by atoms with Crippen molar-refractivity contribution >= 4 is 21.6 Å². The predicted octanol–water partition coefficient (Wildman–Crippen LogP) is 3.85. The molecular weight excluding hydrogens is 404 g/mol. The number of hydrogen-bond donors (Lipinski definition) is 3. The van der Waals surface area contributed by atoms with Gasteiger partial charge in [-0.2, -0.15) is 5.06 Å². The highest BCUT2D eigenvalue weighted by Gasteiger charge is 2.44. The van der Waals surface area contributed by atoms with E-state index in [2.05, 4.69) is 45.1 Å². The lowest BCUT2D eigenvalue weighted by Gasteiger charge is -2.50. The van der Waals surface area contributed by atoms with Gasteiger partial charge in [0, 0.05) is 36.6 Å². The molecule has 0 saturated carbocycles. The van der Waals surface area contributed by atoms with Crippen LogP contribution in [0.3, 0.4) is 0 Å². The number of fused-ring (bicyclic) bond motifs is 2. The molecule has 29 heavy (non-hydrogen) atoms. The van der Waals surface area contributed by atoms with E-state index in [9.17, 15) is 10.3 Å². The Kier molecular flexibility index (Phi) is 6.19. The Morgan fingerprint density at radius 3 is 2.59 bits per heavy atom. The molecule has 0 amide bonds. The maximum Gasteiger partial charge on any atom is 0.130 e. The Labute approximate surface area is 182 Å². The number of hydrogen-bond acceptors (Lipinski definition) is 7. The SMILES string of the molecule is CC1(C)CN(O)C(C)(C)CC1CNCC(O)C1Cc2cc3c(cc2O1)CSSC3. The van der Waals surface area contributed by atoms with Crippen molar-refractivity contribution < 1.29 is 15.1 Å². The van der Waals surface area contributed by atoms with Gasteiger partial charge in [-0.05, 0) is 60.9 Å². The molecule has 3 unspecified atom stereocenters. The van der Waals surface area contributed by atoms with E-state index in [0.717, 1.165) is 36.6 Å². The maximum atomic E-state index is 10.7. The van der Waals surface area contributed by atoms with E-state index in [-0.39, 0.29) is 17.1 Å². The third-order valence-corrected chi connectivity index (χ3v) is 9.11. The number of rotatable bonds is 5. The summed E-state index contributed by atoms with van der Waals surface area (Å²) >= 11 is 0. The first-order chi connectivity index (χ1) is 13.7. The van der Waals surface area contributed by atoms with Crippen LogP contribution in [0.4, 0.5) is 0 Å². The molecule has 3 heterocycles. The van der Waals surface area contributed by atoms with Gasteiger partial charge in [0.2, 0.25) is 0 Å². The van der Waals surface area contributed by atoms with E-state index < -0.39 is 6.10 Å². The Morgan fingerprint density at radius 2 is 1.86 bits per heavy atom. The van der Waals surface area contributed by atoms with E-state index in [4.69, 9.17) is 4.74 Å². The summed E-state index contributed by atoms with van der Waals surface area (Å²) in [6, 6.07) is 4.47. The maximum absolute atomic E-state index is 10.7. The van der Waals surface area contributed by atoms with Crippen LogP contribution in [-0.2, 0) is 17.9 Å². The molecule has 0 aliphatic carbocycles. The zero-order valence-electron chi connectivity index (χ0n) is 17.9. The third kappa shape index (κ3) is 4.60. The molecule has 3 aliphatic rings. The molecule has 1 fully saturated rings. The fourth-order valence-corrected chi connectivity index (χ4v) is 6.92. The molecule has 7 heteroatoms. The molecule has 0 bridgehead atoms. The van der Waals surface area contributed by atoms with Crippen LogP contribution in [0.5, 0.6) is 5.75 Å². The average Bonchev–Trinajstić information content (AvgIpc) is 3.06. The molecule has 162 valence electrons. The molecule has 0 spiro atoms. The van der Waals surface area contributed by atoms with Crippen LogP contribution in [-0.4, -0.2) is 52.8 Å². The number of aliphatic hydroxyl groups is 1. The van der Waals surface area contributed by atoms with E-state index in [1.54, 1.807) is 0 Å². The number of nitrogens with one attached hydrogen (secondary N) is 1. The van der Waals surface area contributed by atoms with Crippen molar-refractivity contribution in [1.29, 1.82) is 0 Å². The van der Waals surface area contributed by atoms with Crippen LogP contribution >= 0.6 is 21.6 Å². The standard InChI is InChI=1S/C22H34N2O3S2/c1-21(2)13-24(26)22(3,4)8-17(21)9-23-10-18(25)20-6-14-5-15-11-28-29-12-16(15)7-19(14)27-20/h5,7,17-18,20,23,25-26H,6,8-13H2,1-4H3. The third-order valence-electron chi connectivity index (χ3n) is 6.87. The summed E-state index contributed by atoms with van der Waals surface area (Å²) < 4.78 is 6.12. The van der Waals surface area contributed by atoms with Gasteiger partial charge in [-0.25, -0.2) is 0 Å². The van der Waals surface area contributed by atoms with Crippen molar-refractivity contribution in [3.63, 3.8) is 0 Å². The van der Waals surface area contributed by atoms with Crippen LogP contribution in [0.2, 0.25) is 0 Å². The average molecular weight is 439 g/mol. The Hall–Kier alpha value is -0.440. The lowest BCUT2D eigenvalue weighted by atomic mass is 9.69. The second-order valence-electron chi connectivity index (χ2n) is 10.1. The highest BCUT2D eigenvalue weighted by Crippen LogP contribution is 2.42. The lowest BCUT2D eigenvalue weighted by molar-refractivity contribution is -0.216. The van der Waals surface area contributed by atoms with E-state index in [0.29, 0.717) is 19.0 Å². The predicted molar refractivity (Wildman–Crippen MR) is 120 cm³/mol. The number of hydroxylamine groups is 2. The van der Waals surface area contributed by atoms with Gasteiger partial charge in [0.1, 0.15) is 18.0 Å². The zero-order chi connectivity index (χ0) is 20.8. The van der Waals surface area contributed by atoms with Gasteiger partial charge in [-0.3, -0.25) is 0 Å². The molecule has 5 nitrogen and oxygen atoms in total. The van der Waals surface area contributed by atoms with Gasteiger partial charge in [-0.15, -0.1) is 0 Å². The molecule has 3 atom stereocenters. The summed E-state index contributed by atoms with van der Waals surface area (Å²) in [5.41, 5.74) is 3.84. The number of aliphatic hydroxyl groups excluding tert-OH is 1. The van der Waals surface area contributed by atoms with Gasteiger partial charge >= 0.3 is 0 Å². The molecule has 3 N–H and O–H groups in total. The van der Waals surface area contributed by atoms with Crippen LogP contribution in [0, 0.1) is 11.3 Å². The van der Waals surface area contributed by atoms with Gasteiger partial charge in [0.25, 0.3) is 0 Å². The van der Waals surface area contributed by atoms with Crippen molar-refractivity contribution in [3.05, 3.63) is 28.8 Å². The van der Waals surface area contributed by atoms with Crippen LogP contribution in [0.1, 0.15) is 50.8 Å². The van der Waals surface area contributed by atoms with Crippen molar-refractivity contribution in [2.75, 3.05) is 19.6 Å². The summed E-state index contributed by atoms with van der Waals surface area (Å²) in [4.78, 5) is 0. The van der Waals surface area contributed by atoms with Crippen molar-refractivity contribution in [3.8, 4) is 5.75 Å². The fraction of sp³-hybridized carbons (Fsp3) is 0.727. The first-order valence-corrected chi connectivity index (χ1v) is 13.1. The van der Waals surface area contributed by atoms with Gasteiger partial charge in [0.05, 0.1) is 0 Å². The van der Waals surface area contributed by atoms with Crippen LogP contribution in [0.25, 0.3) is 0 Å². The Balaban J connectivity index is 1.30. The Morgan fingerprint density at radius 1 is 1.17 bits per heavy atom. The highest BCUT2D eigenvalue weighted by atomic mass is 33.1. The minimum absolute atomic E-state index is 0.0252. The van der Waals surface area contributed by atoms with Crippen LogP contribution < -0.4 is 10.1 Å². The van der Waals surface area contributed by atoms with E-state index in [1.165, 1.54) is 21.8 Å². The van der Waals surface area contributed by atoms with E-state index in [1.807, 2.05) is 21.6 Å². The summed E-state index contributed by atoms with van der Waals surface area (Å²) in [5.74, 6) is 3.49. The highest BCUT2D eigenvalue weighted by molar-refractivity contribution is 8.76. The molecule has 1 aromatic carbocycles. The molecule has 4 rings (SSSR count). The number of ether oxygens (including phenoxy) is 1. The first-order valence-electron chi connectivity index (χ1n) is 10.6. The quantitative estimate of drug-likeness (QED) is 0.604. The summed E-state index contributed by atoms with van der Waals surface area (Å²) in [7, 11) is 3.81. The largest absolute Gasteiger partial charge is 0.487 e. The number of piperidine rings is 1. The van der Waals surface area contributed by atoms with Gasteiger partial charge in [0.15, 0.2) is 0 Å². The topological polar surface area (TPSA) is 65.0 Å². The number of nitrogens with zero attached hydrogens (tertiary/aromatic N) is 1. The zero-order valence-corrected chi connectivity index (χ0v) is 19.5. The summed E-state index contributed by atoms with van der Waals surface area (Å²) in [6.45, 7) is 10.6. The Bertz CT molecular complexity index is 721. The summed E-state index contributed by atoms with van der Waals surface area (Å²) in [6.07, 6.45) is 1.000. The van der Waals surface area contributed by atoms with Crippen molar-refractivity contribution in [2.45, 2.75) is 69.8 Å². The molecule has 1 aromatic rings. The first kappa shape index (κ1) is 21.8. The normalized spacial score (nSPS) is 29.0. The smallest absolute Gasteiger partial charge is 0.130 e. The lowest BCUT2D eigenvalue weighted by Crippen LogP contribution is -2.57. The van der Waals surface area contributed by atoms with Crippen molar-refractivity contribution in [2.24, 2.45) is 11.3 Å². The van der Waals surface area contributed by atoms with Gasteiger partial charge < -0.3 is 20.4 Å². The minimum Gasteiger partial charge on any atom is -0.487 e. The second kappa shape index (κ2) is 8.24. The molecular formula is C22H34N2O3S2. The van der Waals surface area contributed by atoms with Crippen molar-refractivity contribution in [1.82, 2.24) is 10.4 Å². The van der Waals surface area contributed by atoms with Crippen LogP contribution in [0.15, 0.2) is 12.1 Å². The van der Waals surface area contributed by atoms with Gasteiger partial charge in [-0.1, -0.05) is 41.5 Å². The summed E-state index contributed by atoms with van der Waals surface area (Å²) in [5, 5.41) is 26.0. The molecule has 1 saturated heterocycles. The van der Waals surface area contributed by atoms with E-state index >= 15 is 0 Å². The number of benzene rings is 1. The fourth-order valence-electron chi connectivity index (χ4n) is 4.70. The minimum atomic E-state index is -0.530. The molecule has 3 aliphatic heterocycles. The molecule has 0 radical (unpaired) electrons. The second-order valence-corrected chi connectivity index (χ2v) is 12.6. The molecule has 0 aromatic heterocycles. The monoisotopic (exact) mass is 438 g/mol.